The highest BCUT2D eigenvalue weighted by atomic mass is 35.5. The Labute approximate surface area is 195 Å². The van der Waals surface area contributed by atoms with Crippen molar-refractivity contribution in [3.63, 3.8) is 0 Å². The molecule has 2 aliphatic rings. The highest BCUT2D eigenvalue weighted by Gasteiger charge is 2.28. The van der Waals surface area contributed by atoms with Gasteiger partial charge in [-0.15, -0.1) is 0 Å². The van der Waals surface area contributed by atoms with E-state index in [0.29, 0.717) is 36.1 Å². The van der Waals surface area contributed by atoms with E-state index in [9.17, 15) is 9.59 Å². The molecule has 6 nitrogen and oxygen atoms in total. The average Bonchev–Trinajstić information content (AvgIpc) is 2.95. The van der Waals surface area contributed by atoms with Crippen LogP contribution in [0.1, 0.15) is 74.1 Å². The second kappa shape index (κ2) is 10.1. The molecule has 2 heterocycles. The number of nitrogens with one attached hydrogen (secondary N) is 1. The number of piperidine rings is 1. The van der Waals surface area contributed by atoms with Crippen LogP contribution in [0.4, 0.5) is 0 Å². The number of hydrogen-bond acceptors (Lipinski definition) is 3. The van der Waals surface area contributed by atoms with Crippen LogP contribution in [0, 0.1) is 5.92 Å². The van der Waals surface area contributed by atoms with Gasteiger partial charge in [0.2, 0.25) is 5.91 Å². The van der Waals surface area contributed by atoms with Crippen LogP contribution in [-0.4, -0.2) is 45.6 Å². The molecule has 0 spiro atoms. The van der Waals surface area contributed by atoms with E-state index in [1.54, 1.807) is 0 Å². The zero-order chi connectivity index (χ0) is 22.7. The molecular weight excluding hydrogens is 424 g/mol. The van der Waals surface area contributed by atoms with Crippen LogP contribution in [0.5, 0.6) is 0 Å². The fourth-order valence-electron chi connectivity index (χ4n) is 4.76. The smallest absolute Gasteiger partial charge is 0.272 e. The lowest BCUT2D eigenvalue weighted by Gasteiger charge is -2.32. The summed E-state index contributed by atoms with van der Waals surface area (Å²) in [6.07, 6.45) is 7.32. The number of aromatic nitrogens is 2. The number of hydrogen-bond donors (Lipinski definition) is 1. The van der Waals surface area contributed by atoms with Crippen molar-refractivity contribution >= 4 is 23.4 Å². The largest absolute Gasteiger partial charge is 0.348 e. The van der Waals surface area contributed by atoms with Gasteiger partial charge in [-0.2, -0.15) is 5.10 Å². The van der Waals surface area contributed by atoms with Gasteiger partial charge in [0.1, 0.15) is 0 Å². The van der Waals surface area contributed by atoms with Crippen molar-refractivity contribution in [1.29, 1.82) is 0 Å². The third-order valence-electron chi connectivity index (χ3n) is 6.48. The SMILES string of the molecule is CC(C)CC(=O)N1CCC(NC(=O)c2nn(-c3ccc(Cl)cc3)c3c2CCCCC3)CC1. The zero-order valence-electron chi connectivity index (χ0n) is 19.1. The van der Waals surface area contributed by atoms with Gasteiger partial charge >= 0.3 is 0 Å². The number of rotatable bonds is 5. The fourth-order valence-corrected chi connectivity index (χ4v) is 4.89. The van der Waals surface area contributed by atoms with Crippen molar-refractivity contribution in [2.75, 3.05) is 13.1 Å². The zero-order valence-corrected chi connectivity index (χ0v) is 19.8. The minimum atomic E-state index is -0.0946. The Morgan fingerprint density at radius 3 is 2.47 bits per heavy atom. The summed E-state index contributed by atoms with van der Waals surface area (Å²) >= 11 is 6.07. The number of nitrogens with zero attached hydrogens (tertiary/aromatic N) is 3. The van der Waals surface area contributed by atoms with Crippen molar-refractivity contribution < 1.29 is 9.59 Å². The first kappa shape index (κ1) is 22.8. The van der Waals surface area contributed by atoms with Crippen LogP contribution >= 0.6 is 11.6 Å². The highest BCUT2D eigenvalue weighted by Crippen LogP contribution is 2.27. The molecule has 2 amide bonds. The van der Waals surface area contributed by atoms with Gasteiger partial charge in [-0.1, -0.05) is 31.9 Å². The summed E-state index contributed by atoms with van der Waals surface area (Å²) in [5, 5.41) is 8.66. The lowest BCUT2D eigenvalue weighted by molar-refractivity contribution is -0.133. The van der Waals surface area contributed by atoms with E-state index in [1.807, 2.05) is 33.8 Å². The molecule has 1 aromatic heterocycles. The van der Waals surface area contributed by atoms with Crippen LogP contribution < -0.4 is 5.32 Å². The van der Waals surface area contributed by atoms with Crippen molar-refractivity contribution in [2.24, 2.45) is 5.92 Å². The minimum Gasteiger partial charge on any atom is -0.348 e. The molecule has 0 radical (unpaired) electrons. The first-order chi connectivity index (χ1) is 15.4. The maximum atomic E-state index is 13.3. The second-order valence-electron chi connectivity index (χ2n) is 9.45. The van der Waals surface area contributed by atoms with Gasteiger partial charge in [0, 0.05) is 41.8 Å². The summed E-state index contributed by atoms with van der Waals surface area (Å²) in [5.74, 6) is 0.491. The molecule has 32 heavy (non-hydrogen) atoms. The predicted octanol–water partition coefficient (Wildman–Crippen LogP) is 4.56. The first-order valence-electron chi connectivity index (χ1n) is 11.9. The average molecular weight is 457 g/mol. The molecular formula is C25H33ClN4O2. The molecule has 1 aromatic carbocycles. The van der Waals surface area contributed by atoms with Gasteiger partial charge in [-0.05, 0) is 68.7 Å². The normalized spacial score (nSPS) is 17.2. The fraction of sp³-hybridized carbons (Fsp3) is 0.560. The minimum absolute atomic E-state index is 0.0766. The van der Waals surface area contributed by atoms with Gasteiger partial charge in [0.15, 0.2) is 5.69 Å². The maximum Gasteiger partial charge on any atom is 0.272 e. The molecule has 0 atom stereocenters. The summed E-state index contributed by atoms with van der Waals surface area (Å²) < 4.78 is 1.93. The van der Waals surface area contributed by atoms with Crippen LogP contribution in [0.15, 0.2) is 24.3 Å². The van der Waals surface area contributed by atoms with Gasteiger partial charge < -0.3 is 10.2 Å². The van der Waals surface area contributed by atoms with Crippen LogP contribution in [0.25, 0.3) is 5.69 Å². The Hall–Kier alpha value is -2.34. The Kier molecular flexibility index (Phi) is 7.19. The van der Waals surface area contributed by atoms with Gasteiger partial charge in [-0.25, -0.2) is 4.68 Å². The lowest BCUT2D eigenvalue weighted by atomic mass is 10.0. The molecule has 7 heteroatoms. The monoisotopic (exact) mass is 456 g/mol. The Balaban J connectivity index is 1.48. The van der Waals surface area contributed by atoms with E-state index in [4.69, 9.17) is 16.7 Å². The maximum absolute atomic E-state index is 13.3. The van der Waals surface area contributed by atoms with Crippen molar-refractivity contribution in [3.8, 4) is 5.69 Å². The molecule has 0 unspecified atom stereocenters. The van der Waals surface area contributed by atoms with E-state index in [0.717, 1.165) is 55.5 Å². The first-order valence-corrected chi connectivity index (χ1v) is 12.3. The van der Waals surface area contributed by atoms with Gasteiger partial charge in [0.05, 0.1) is 5.69 Å². The number of carbonyl (C=O) groups excluding carboxylic acids is 2. The molecule has 2 aromatic rings. The van der Waals surface area contributed by atoms with E-state index in [-0.39, 0.29) is 17.9 Å². The Morgan fingerprint density at radius 2 is 1.78 bits per heavy atom. The highest BCUT2D eigenvalue weighted by molar-refractivity contribution is 6.30. The standard InChI is InChI=1S/C25H33ClN4O2/c1-17(2)16-23(31)29-14-12-19(13-15-29)27-25(32)24-21-6-4-3-5-7-22(21)30(28-24)20-10-8-18(26)9-11-20/h8-11,17,19H,3-7,12-16H2,1-2H3,(H,27,32). The molecule has 1 aliphatic heterocycles. The van der Waals surface area contributed by atoms with E-state index < -0.39 is 0 Å². The second-order valence-corrected chi connectivity index (χ2v) is 9.89. The topological polar surface area (TPSA) is 67.2 Å². The lowest BCUT2D eigenvalue weighted by Crippen LogP contribution is -2.47. The van der Waals surface area contributed by atoms with Crippen molar-refractivity contribution in [2.45, 2.75) is 71.3 Å². The number of carbonyl (C=O) groups is 2. The molecule has 0 saturated carbocycles. The number of amides is 2. The molecule has 1 aliphatic carbocycles. The third-order valence-corrected chi connectivity index (χ3v) is 6.73. The third kappa shape index (κ3) is 5.17. The molecule has 4 rings (SSSR count). The Bertz CT molecular complexity index is 959. The van der Waals surface area contributed by atoms with Crippen LogP contribution in [-0.2, 0) is 17.6 Å². The van der Waals surface area contributed by atoms with Crippen LogP contribution in [0.2, 0.25) is 5.02 Å². The van der Waals surface area contributed by atoms with Crippen molar-refractivity contribution in [1.82, 2.24) is 20.0 Å². The summed E-state index contributed by atoms with van der Waals surface area (Å²) in [6, 6.07) is 7.69. The summed E-state index contributed by atoms with van der Waals surface area (Å²) in [4.78, 5) is 27.5. The molecule has 1 fully saturated rings. The van der Waals surface area contributed by atoms with Gasteiger partial charge in [0.25, 0.3) is 5.91 Å². The molecule has 1 N–H and O–H groups in total. The van der Waals surface area contributed by atoms with E-state index >= 15 is 0 Å². The number of benzene rings is 1. The van der Waals surface area contributed by atoms with Crippen LogP contribution in [0.3, 0.4) is 0 Å². The van der Waals surface area contributed by atoms with E-state index in [2.05, 4.69) is 19.2 Å². The van der Waals surface area contributed by atoms with Gasteiger partial charge in [-0.3, -0.25) is 9.59 Å². The van der Waals surface area contributed by atoms with Crippen molar-refractivity contribution in [3.05, 3.63) is 46.2 Å². The summed E-state index contributed by atoms with van der Waals surface area (Å²) in [6.45, 7) is 5.54. The molecule has 0 bridgehead atoms. The van der Waals surface area contributed by atoms with E-state index in [1.165, 1.54) is 6.42 Å². The molecule has 172 valence electrons. The quantitative estimate of drug-likeness (QED) is 0.670. The molecule has 1 saturated heterocycles. The number of likely N-dealkylation sites (tertiary alicyclic amines) is 1. The summed E-state index contributed by atoms with van der Waals surface area (Å²) in [5.41, 5.74) is 3.71. The summed E-state index contributed by atoms with van der Waals surface area (Å²) in [7, 11) is 0. The number of halogens is 1. The predicted molar refractivity (Wildman–Crippen MR) is 126 cm³/mol. The number of fused-ring (bicyclic) bond motifs is 1. The Morgan fingerprint density at radius 1 is 1.09 bits per heavy atom.